The van der Waals surface area contributed by atoms with Crippen LogP contribution in [0.2, 0.25) is 0 Å². The zero-order valence-corrected chi connectivity index (χ0v) is 13.0. The summed E-state index contributed by atoms with van der Waals surface area (Å²) < 4.78 is 5.05. The lowest BCUT2D eigenvalue weighted by Crippen LogP contribution is -2.60. The molecule has 1 heterocycles. The molecule has 1 aromatic rings. The van der Waals surface area contributed by atoms with Gasteiger partial charge in [0.2, 0.25) is 0 Å². The fourth-order valence-electron chi connectivity index (χ4n) is 5.21. The molecular weight excluding hydrogens is 294 g/mol. The number of carbonyl (C=O) groups excluding carboxylic acids is 2. The third-order valence-corrected chi connectivity index (χ3v) is 5.55. The number of esters is 1. The highest BCUT2D eigenvalue weighted by Gasteiger charge is 2.51. The second kappa shape index (κ2) is 5.58. The Balaban J connectivity index is 1.33. The molecule has 23 heavy (non-hydrogen) atoms. The summed E-state index contributed by atoms with van der Waals surface area (Å²) in [5.74, 6) is 1.49. The van der Waals surface area contributed by atoms with Crippen molar-refractivity contribution in [3.63, 3.8) is 0 Å². The number of rotatable bonds is 4. The van der Waals surface area contributed by atoms with Gasteiger partial charge in [-0.1, -0.05) is 0 Å². The fraction of sp³-hybridized carbons (Fsp3) is 0.647. The van der Waals surface area contributed by atoms with E-state index in [1.54, 1.807) is 0 Å². The first-order chi connectivity index (χ1) is 11.1. The van der Waals surface area contributed by atoms with Gasteiger partial charge in [-0.2, -0.15) is 0 Å². The van der Waals surface area contributed by atoms with E-state index in [0.29, 0.717) is 0 Å². The Labute approximate surface area is 135 Å². The van der Waals surface area contributed by atoms with Crippen LogP contribution >= 0.6 is 0 Å². The first-order valence-corrected chi connectivity index (χ1v) is 8.36. The highest BCUT2D eigenvalue weighted by molar-refractivity contribution is 5.89. The van der Waals surface area contributed by atoms with Gasteiger partial charge in [-0.3, -0.25) is 9.78 Å². The molecule has 0 saturated heterocycles. The number of hydrogen-bond donors (Lipinski definition) is 1. The number of amides is 1. The Kier molecular flexibility index (Phi) is 3.54. The van der Waals surface area contributed by atoms with Crippen molar-refractivity contribution in [1.82, 2.24) is 15.3 Å². The molecule has 1 amide bonds. The van der Waals surface area contributed by atoms with Crippen LogP contribution in [0.3, 0.4) is 0 Å². The minimum Gasteiger partial charge on any atom is -0.451 e. The Hall–Kier alpha value is -1.98. The maximum absolute atomic E-state index is 12.2. The van der Waals surface area contributed by atoms with Crippen LogP contribution in [0, 0.1) is 17.8 Å². The molecule has 122 valence electrons. The molecule has 0 aromatic carbocycles. The van der Waals surface area contributed by atoms with E-state index >= 15 is 0 Å². The van der Waals surface area contributed by atoms with Gasteiger partial charge >= 0.3 is 5.97 Å². The molecular formula is C17H21N3O3. The minimum atomic E-state index is -0.612. The van der Waals surface area contributed by atoms with Crippen LogP contribution in [-0.2, 0) is 9.53 Å². The number of carbonyl (C=O) groups is 2. The maximum Gasteiger partial charge on any atom is 0.359 e. The van der Waals surface area contributed by atoms with Gasteiger partial charge in [-0.25, -0.2) is 9.78 Å². The maximum atomic E-state index is 12.2. The number of aromatic nitrogens is 2. The van der Waals surface area contributed by atoms with Crippen LogP contribution in [0.1, 0.15) is 49.0 Å². The van der Waals surface area contributed by atoms with E-state index in [4.69, 9.17) is 4.74 Å². The Morgan fingerprint density at radius 2 is 1.78 bits per heavy atom. The SMILES string of the molecule is O=C(COC(=O)c1cnccn1)NC12CC3CC(CC(C3)C1)C2. The summed E-state index contributed by atoms with van der Waals surface area (Å²) in [6, 6.07) is 0. The molecule has 0 atom stereocenters. The lowest BCUT2D eigenvalue weighted by molar-refractivity contribution is -0.130. The first kappa shape index (κ1) is 14.6. The first-order valence-electron chi connectivity index (χ1n) is 8.36. The molecule has 4 aliphatic carbocycles. The van der Waals surface area contributed by atoms with Crippen molar-refractivity contribution in [2.45, 2.75) is 44.1 Å². The van der Waals surface area contributed by atoms with E-state index in [9.17, 15) is 9.59 Å². The predicted molar refractivity (Wildman–Crippen MR) is 81.4 cm³/mol. The van der Waals surface area contributed by atoms with Crippen LogP contribution in [0.5, 0.6) is 0 Å². The average Bonchev–Trinajstić information content (AvgIpc) is 2.51. The molecule has 0 radical (unpaired) electrons. The standard InChI is InChI=1S/C17H21N3O3/c21-15(10-23-16(22)14-9-18-1-2-19-14)20-17-6-11-3-12(7-17)5-13(4-11)8-17/h1-2,9,11-13H,3-8,10H2,(H,20,21). The summed E-state index contributed by atoms with van der Waals surface area (Å²) in [7, 11) is 0. The van der Waals surface area contributed by atoms with E-state index in [-0.39, 0.29) is 23.7 Å². The summed E-state index contributed by atoms with van der Waals surface area (Å²) >= 11 is 0. The van der Waals surface area contributed by atoms with Crippen molar-refractivity contribution in [2.75, 3.05) is 6.61 Å². The van der Waals surface area contributed by atoms with Crippen molar-refractivity contribution < 1.29 is 14.3 Å². The summed E-state index contributed by atoms with van der Waals surface area (Å²) in [6.45, 7) is -0.253. The lowest BCUT2D eigenvalue weighted by Gasteiger charge is -2.56. The van der Waals surface area contributed by atoms with Crippen LogP contribution in [0.4, 0.5) is 0 Å². The zero-order valence-electron chi connectivity index (χ0n) is 13.0. The van der Waals surface area contributed by atoms with Gasteiger partial charge in [0.05, 0.1) is 6.20 Å². The van der Waals surface area contributed by atoms with Crippen molar-refractivity contribution >= 4 is 11.9 Å². The Morgan fingerprint density at radius 3 is 2.35 bits per heavy atom. The molecule has 4 bridgehead atoms. The van der Waals surface area contributed by atoms with E-state index in [2.05, 4.69) is 15.3 Å². The topological polar surface area (TPSA) is 81.2 Å². The largest absolute Gasteiger partial charge is 0.451 e. The molecule has 0 spiro atoms. The van der Waals surface area contributed by atoms with E-state index in [1.807, 2.05) is 0 Å². The van der Waals surface area contributed by atoms with E-state index < -0.39 is 5.97 Å². The number of nitrogens with zero attached hydrogens (tertiary/aromatic N) is 2. The molecule has 0 aliphatic heterocycles. The van der Waals surface area contributed by atoms with Gasteiger partial charge in [0.25, 0.3) is 5.91 Å². The van der Waals surface area contributed by atoms with Crippen LogP contribution in [0.15, 0.2) is 18.6 Å². The normalized spacial score (nSPS) is 34.2. The fourth-order valence-corrected chi connectivity index (χ4v) is 5.21. The second-order valence-corrected chi connectivity index (χ2v) is 7.41. The third-order valence-electron chi connectivity index (χ3n) is 5.55. The second-order valence-electron chi connectivity index (χ2n) is 7.41. The van der Waals surface area contributed by atoms with Crippen molar-refractivity contribution in [3.8, 4) is 0 Å². The highest BCUT2D eigenvalue weighted by Crippen LogP contribution is 2.55. The Morgan fingerprint density at radius 1 is 1.13 bits per heavy atom. The summed E-state index contributed by atoms with van der Waals surface area (Å²) in [4.78, 5) is 31.7. The lowest BCUT2D eigenvalue weighted by atomic mass is 9.53. The molecule has 1 N–H and O–H groups in total. The zero-order chi connectivity index (χ0) is 15.9. The molecule has 6 heteroatoms. The van der Waals surface area contributed by atoms with Gasteiger partial charge in [0, 0.05) is 17.9 Å². The van der Waals surface area contributed by atoms with Crippen molar-refractivity contribution in [3.05, 3.63) is 24.3 Å². The van der Waals surface area contributed by atoms with Gasteiger partial charge in [-0.15, -0.1) is 0 Å². The Bertz CT molecular complexity index is 581. The average molecular weight is 315 g/mol. The molecule has 4 fully saturated rings. The van der Waals surface area contributed by atoms with E-state index in [1.165, 1.54) is 37.9 Å². The van der Waals surface area contributed by atoms with Crippen LogP contribution < -0.4 is 5.32 Å². The van der Waals surface area contributed by atoms with Crippen molar-refractivity contribution in [2.24, 2.45) is 17.8 Å². The smallest absolute Gasteiger partial charge is 0.359 e. The molecule has 4 aliphatic rings. The van der Waals surface area contributed by atoms with Crippen molar-refractivity contribution in [1.29, 1.82) is 0 Å². The van der Waals surface area contributed by atoms with Crippen LogP contribution in [0.25, 0.3) is 0 Å². The predicted octanol–water partition coefficient (Wildman–Crippen LogP) is 1.72. The molecule has 6 nitrogen and oxygen atoms in total. The van der Waals surface area contributed by atoms with Gasteiger partial charge in [-0.05, 0) is 56.3 Å². The van der Waals surface area contributed by atoms with Crippen LogP contribution in [-0.4, -0.2) is 34.0 Å². The van der Waals surface area contributed by atoms with Gasteiger partial charge in [0.1, 0.15) is 0 Å². The molecule has 1 aromatic heterocycles. The summed E-state index contributed by atoms with van der Waals surface area (Å²) in [5, 5.41) is 3.18. The number of nitrogens with one attached hydrogen (secondary N) is 1. The number of hydrogen-bond acceptors (Lipinski definition) is 5. The van der Waals surface area contributed by atoms with Gasteiger partial charge in [0.15, 0.2) is 12.3 Å². The molecule has 5 rings (SSSR count). The highest BCUT2D eigenvalue weighted by atomic mass is 16.5. The minimum absolute atomic E-state index is 0.0508. The monoisotopic (exact) mass is 315 g/mol. The van der Waals surface area contributed by atoms with Gasteiger partial charge < -0.3 is 10.1 Å². The summed E-state index contributed by atoms with van der Waals surface area (Å²) in [5.41, 5.74) is 0.0697. The van der Waals surface area contributed by atoms with E-state index in [0.717, 1.165) is 37.0 Å². The number of ether oxygens (including phenoxy) is 1. The molecule has 4 saturated carbocycles. The summed E-state index contributed by atoms with van der Waals surface area (Å²) in [6.07, 6.45) is 11.5. The quantitative estimate of drug-likeness (QED) is 0.856. The third kappa shape index (κ3) is 2.94. The molecule has 0 unspecified atom stereocenters.